The zero-order valence-corrected chi connectivity index (χ0v) is 14.1. The number of nitrogens with one attached hydrogen (secondary N) is 1. The van der Waals surface area contributed by atoms with Gasteiger partial charge in [-0.2, -0.15) is 4.98 Å². The van der Waals surface area contributed by atoms with Gasteiger partial charge in [0.25, 0.3) is 5.89 Å². The second-order valence-electron chi connectivity index (χ2n) is 5.51. The predicted molar refractivity (Wildman–Crippen MR) is 93.7 cm³/mol. The normalized spacial score (nSPS) is 18.5. The van der Waals surface area contributed by atoms with Gasteiger partial charge in [0, 0.05) is 31.3 Å². The van der Waals surface area contributed by atoms with Crippen molar-refractivity contribution in [3.8, 4) is 0 Å². The number of nitrogens with zero attached hydrogens (tertiary/aromatic N) is 3. The number of carbonyl (C=O) groups is 1. The monoisotopic (exact) mass is 349 g/mol. The molecule has 3 rings (SSSR count). The van der Waals surface area contributed by atoms with Crippen LogP contribution in [0.4, 0.5) is 0 Å². The molecule has 3 N–H and O–H groups in total. The Hall–Kier alpha value is -2.22. The minimum Gasteiger partial charge on any atom is -0.366 e. The van der Waals surface area contributed by atoms with E-state index in [0.29, 0.717) is 17.3 Å². The highest BCUT2D eigenvalue weighted by molar-refractivity contribution is 5.93. The summed E-state index contributed by atoms with van der Waals surface area (Å²) < 4.78 is 5.27. The molecule has 24 heavy (non-hydrogen) atoms. The van der Waals surface area contributed by atoms with Crippen molar-refractivity contribution in [2.45, 2.75) is 6.04 Å². The van der Waals surface area contributed by atoms with Crippen molar-refractivity contribution in [3.05, 3.63) is 47.1 Å². The molecule has 7 nitrogen and oxygen atoms in total. The van der Waals surface area contributed by atoms with E-state index in [2.05, 4.69) is 27.4 Å². The zero-order chi connectivity index (χ0) is 16.2. The number of piperazine rings is 1. The number of hydrogen-bond acceptors (Lipinski definition) is 6. The summed E-state index contributed by atoms with van der Waals surface area (Å²) in [5.41, 5.74) is 6.62. The quantitative estimate of drug-likeness (QED) is 0.864. The molecule has 1 aromatic carbocycles. The Morgan fingerprint density at radius 1 is 1.38 bits per heavy atom. The Morgan fingerprint density at radius 3 is 2.79 bits per heavy atom. The van der Waals surface area contributed by atoms with Crippen molar-refractivity contribution in [1.29, 1.82) is 0 Å². The highest BCUT2D eigenvalue weighted by Crippen LogP contribution is 2.18. The summed E-state index contributed by atoms with van der Waals surface area (Å²) in [7, 11) is 2.05. The van der Waals surface area contributed by atoms with Gasteiger partial charge in [-0.3, -0.25) is 9.69 Å². The van der Waals surface area contributed by atoms with E-state index in [1.165, 1.54) is 0 Å². The van der Waals surface area contributed by atoms with E-state index in [1.807, 2.05) is 18.2 Å². The van der Waals surface area contributed by atoms with E-state index in [-0.39, 0.29) is 18.4 Å². The van der Waals surface area contributed by atoms with Crippen molar-refractivity contribution in [2.75, 3.05) is 26.7 Å². The van der Waals surface area contributed by atoms with Gasteiger partial charge in [0.2, 0.25) is 5.91 Å². The lowest BCUT2D eigenvalue weighted by Crippen LogP contribution is -2.44. The lowest BCUT2D eigenvalue weighted by molar-refractivity contribution is 0.100. The molecule has 2 aromatic rings. The number of rotatable bonds is 4. The van der Waals surface area contributed by atoms with Crippen LogP contribution in [-0.2, 0) is 0 Å². The Kier molecular flexibility index (Phi) is 6.08. The third-order valence-electron chi connectivity index (χ3n) is 3.88. The SMILES string of the molecule is CN1CCNCC1c1noc(/C=C/c2ccc(C(N)=O)cc2)n1.Cl. The van der Waals surface area contributed by atoms with Crippen LogP contribution in [0.15, 0.2) is 28.8 Å². The summed E-state index contributed by atoms with van der Waals surface area (Å²) in [4.78, 5) is 17.7. The molecule has 1 amide bonds. The summed E-state index contributed by atoms with van der Waals surface area (Å²) in [6, 6.07) is 7.12. The van der Waals surface area contributed by atoms with Gasteiger partial charge in [-0.25, -0.2) is 0 Å². The topological polar surface area (TPSA) is 97.3 Å². The summed E-state index contributed by atoms with van der Waals surface area (Å²) >= 11 is 0. The van der Waals surface area contributed by atoms with E-state index in [9.17, 15) is 4.79 Å². The van der Waals surface area contributed by atoms with Gasteiger partial charge in [-0.05, 0) is 30.8 Å². The van der Waals surface area contributed by atoms with Crippen LogP contribution >= 0.6 is 12.4 Å². The number of benzene rings is 1. The minimum atomic E-state index is -0.438. The maximum Gasteiger partial charge on any atom is 0.250 e. The molecule has 1 aliphatic heterocycles. The fraction of sp³-hybridized carbons (Fsp3) is 0.312. The Bertz CT molecular complexity index is 714. The van der Waals surface area contributed by atoms with Gasteiger partial charge in [-0.15, -0.1) is 12.4 Å². The maximum atomic E-state index is 11.0. The van der Waals surface area contributed by atoms with Crippen LogP contribution in [0.25, 0.3) is 12.2 Å². The minimum absolute atomic E-state index is 0. The van der Waals surface area contributed by atoms with E-state index in [1.54, 1.807) is 18.2 Å². The lowest BCUT2D eigenvalue weighted by atomic mass is 10.1. The predicted octanol–water partition coefficient (Wildman–Crippen LogP) is 1.34. The molecule has 2 heterocycles. The molecule has 1 fully saturated rings. The molecule has 1 atom stereocenters. The summed E-state index contributed by atoms with van der Waals surface area (Å²) in [5.74, 6) is 0.702. The van der Waals surface area contributed by atoms with Crippen LogP contribution in [0, 0.1) is 0 Å². The second kappa shape index (κ2) is 8.05. The molecule has 0 saturated carbocycles. The van der Waals surface area contributed by atoms with Gasteiger partial charge in [-0.1, -0.05) is 17.3 Å². The Labute approximate surface area is 146 Å². The first kappa shape index (κ1) is 18.1. The zero-order valence-electron chi connectivity index (χ0n) is 13.3. The molecule has 0 radical (unpaired) electrons. The number of aromatic nitrogens is 2. The number of likely N-dealkylation sites (N-methyl/N-ethyl adjacent to an activating group) is 1. The van der Waals surface area contributed by atoms with Crippen LogP contribution in [0.3, 0.4) is 0 Å². The first-order valence-electron chi connectivity index (χ1n) is 7.46. The van der Waals surface area contributed by atoms with Crippen LogP contribution in [0.2, 0.25) is 0 Å². The molecule has 128 valence electrons. The average Bonchev–Trinajstić information content (AvgIpc) is 3.02. The molecule has 0 spiro atoms. The summed E-state index contributed by atoms with van der Waals surface area (Å²) in [6.45, 7) is 2.74. The number of primary amides is 1. The first-order chi connectivity index (χ1) is 11.1. The Morgan fingerprint density at radius 2 is 2.12 bits per heavy atom. The van der Waals surface area contributed by atoms with Crippen molar-refractivity contribution >= 4 is 30.5 Å². The number of nitrogens with two attached hydrogens (primary N) is 1. The van der Waals surface area contributed by atoms with Crippen LogP contribution in [-0.4, -0.2) is 47.6 Å². The highest BCUT2D eigenvalue weighted by atomic mass is 35.5. The lowest BCUT2D eigenvalue weighted by Gasteiger charge is -2.30. The number of amides is 1. The van der Waals surface area contributed by atoms with E-state index >= 15 is 0 Å². The third-order valence-corrected chi connectivity index (χ3v) is 3.88. The van der Waals surface area contributed by atoms with Crippen LogP contribution in [0.1, 0.15) is 33.7 Å². The van der Waals surface area contributed by atoms with E-state index in [0.717, 1.165) is 25.2 Å². The van der Waals surface area contributed by atoms with Crippen molar-refractivity contribution in [3.63, 3.8) is 0 Å². The van der Waals surface area contributed by atoms with Crippen molar-refractivity contribution in [1.82, 2.24) is 20.4 Å². The first-order valence-corrected chi connectivity index (χ1v) is 7.46. The molecular weight excluding hydrogens is 330 g/mol. The largest absolute Gasteiger partial charge is 0.366 e. The molecule has 1 saturated heterocycles. The highest BCUT2D eigenvalue weighted by Gasteiger charge is 2.24. The fourth-order valence-electron chi connectivity index (χ4n) is 2.47. The van der Waals surface area contributed by atoms with Crippen LogP contribution < -0.4 is 11.1 Å². The van der Waals surface area contributed by atoms with Gasteiger partial charge in [0.1, 0.15) is 0 Å². The molecule has 1 aromatic heterocycles. The molecule has 1 aliphatic rings. The van der Waals surface area contributed by atoms with Gasteiger partial charge < -0.3 is 15.6 Å². The average molecular weight is 350 g/mol. The number of halogens is 1. The molecule has 0 bridgehead atoms. The molecule has 8 heteroatoms. The van der Waals surface area contributed by atoms with Gasteiger partial charge >= 0.3 is 0 Å². The second-order valence-corrected chi connectivity index (χ2v) is 5.51. The standard InChI is InChI=1S/C16H19N5O2.ClH/c1-21-9-8-18-10-13(21)16-19-14(23-20-16)7-4-11-2-5-12(6-3-11)15(17)22;/h2-7,13,18H,8-10H2,1H3,(H2,17,22);1H/b7-4+;. The van der Waals surface area contributed by atoms with Gasteiger partial charge in [0.15, 0.2) is 5.82 Å². The summed E-state index contributed by atoms with van der Waals surface area (Å²) in [5, 5.41) is 7.39. The van der Waals surface area contributed by atoms with E-state index < -0.39 is 5.91 Å². The number of hydrogen-bond donors (Lipinski definition) is 2. The van der Waals surface area contributed by atoms with Crippen molar-refractivity contribution in [2.24, 2.45) is 5.73 Å². The maximum absolute atomic E-state index is 11.0. The molecule has 0 aliphatic carbocycles. The molecule has 1 unspecified atom stereocenters. The third kappa shape index (κ3) is 4.19. The van der Waals surface area contributed by atoms with Gasteiger partial charge in [0.05, 0.1) is 6.04 Å². The van der Waals surface area contributed by atoms with Crippen molar-refractivity contribution < 1.29 is 9.32 Å². The molecular formula is C16H20ClN5O2. The summed E-state index contributed by atoms with van der Waals surface area (Å²) in [6.07, 6.45) is 3.61. The van der Waals surface area contributed by atoms with E-state index in [4.69, 9.17) is 10.3 Å². The smallest absolute Gasteiger partial charge is 0.250 e. The fourth-order valence-corrected chi connectivity index (χ4v) is 2.47. The number of carbonyl (C=O) groups excluding carboxylic acids is 1. The van der Waals surface area contributed by atoms with Crippen LogP contribution in [0.5, 0.6) is 0 Å². The Balaban J connectivity index is 0.00000208.